The predicted molar refractivity (Wildman–Crippen MR) is 127 cm³/mol. The van der Waals surface area contributed by atoms with Gasteiger partial charge in [-0.25, -0.2) is 13.8 Å². The summed E-state index contributed by atoms with van der Waals surface area (Å²) in [4.78, 5) is 35.6. The van der Waals surface area contributed by atoms with Crippen molar-refractivity contribution in [1.82, 2.24) is 9.97 Å². The Hall–Kier alpha value is -2.46. The molecule has 0 unspecified atom stereocenters. The molecule has 10 heteroatoms. The van der Waals surface area contributed by atoms with E-state index in [2.05, 4.69) is 15.3 Å². The average molecular weight is 479 g/mol. The van der Waals surface area contributed by atoms with Crippen LogP contribution in [0.5, 0.6) is 0 Å². The number of carbonyl (C=O) groups excluding carboxylic acids is 1. The molecule has 1 aliphatic carbocycles. The Morgan fingerprint density at radius 1 is 1.25 bits per heavy atom. The number of H-pyrrole nitrogens is 1. The van der Waals surface area contributed by atoms with Crippen molar-refractivity contribution in [3.8, 4) is 0 Å². The maximum Gasteiger partial charge on any atom is 0.259 e. The van der Waals surface area contributed by atoms with E-state index in [9.17, 15) is 18.4 Å². The molecular formula is C22H24F2N4O2S2. The maximum absolute atomic E-state index is 14.1. The fourth-order valence-electron chi connectivity index (χ4n) is 3.90. The van der Waals surface area contributed by atoms with Gasteiger partial charge in [-0.1, -0.05) is 0 Å². The lowest BCUT2D eigenvalue weighted by atomic mass is 9.97. The van der Waals surface area contributed by atoms with Crippen molar-refractivity contribution in [3.05, 3.63) is 50.4 Å². The Labute approximate surface area is 192 Å². The maximum atomic E-state index is 14.1. The lowest BCUT2D eigenvalue weighted by Crippen LogP contribution is -2.16. The van der Waals surface area contributed by atoms with Crippen LogP contribution >= 0.6 is 23.1 Å². The van der Waals surface area contributed by atoms with Gasteiger partial charge in [0.15, 0.2) is 11.6 Å². The molecule has 0 fully saturated rings. The zero-order valence-corrected chi connectivity index (χ0v) is 19.5. The molecule has 2 aromatic heterocycles. The summed E-state index contributed by atoms with van der Waals surface area (Å²) < 4.78 is 28.1. The summed E-state index contributed by atoms with van der Waals surface area (Å²) in [7, 11) is 3.09. The number of aromatic amines is 1. The standard InChI is InChI=1S/C22H24F2N4O2S2/c1-28(2)20-14(23)9-12(10-15(20)24)25-18(29)7-8-31-11-17-26-21(30)19-13-5-3-4-6-16(13)32-22(19)27-17/h9-10H,3-8,11H2,1-2H3,(H,25,29)(H,26,27,30). The van der Waals surface area contributed by atoms with Gasteiger partial charge in [-0.3, -0.25) is 9.59 Å². The van der Waals surface area contributed by atoms with Crippen molar-refractivity contribution in [1.29, 1.82) is 0 Å². The molecule has 0 aliphatic heterocycles. The van der Waals surface area contributed by atoms with Crippen LogP contribution in [0.15, 0.2) is 16.9 Å². The Balaban J connectivity index is 1.32. The van der Waals surface area contributed by atoms with Crippen molar-refractivity contribution in [2.75, 3.05) is 30.1 Å². The number of benzene rings is 1. The monoisotopic (exact) mass is 478 g/mol. The van der Waals surface area contributed by atoms with Crippen molar-refractivity contribution in [2.45, 2.75) is 37.9 Å². The molecule has 4 rings (SSSR count). The van der Waals surface area contributed by atoms with Crippen LogP contribution in [0.3, 0.4) is 0 Å². The van der Waals surface area contributed by atoms with Crippen LogP contribution in [0, 0.1) is 11.6 Å². The minimum Gasteiger partial charge on any atom is -0.373 e. The Morgan fingerprint density at radius 2 is 1.97 bits per heavy atom. The van der Waals surface area contributed by atoms with Crippen molar-refractivity contribution in [2.24, 2.45) is 0 Å². The topological polar surface area (TPSA) is 78.1 Å². The molecule has 3 aromatic rings. The summed E-state index contributed by atoms with van der Waals surface area (Å²) in [6, 6.07) is 2.21. The smallest absolute Gasteiger partial charge is 0.259 e. The second-order valence-corrected chi connectivity index (χ2v) is 10.1. The number of nitrogens with one attached hydrogen (secondary N) is 2. The number of thioether (sulfide) groups is 1. The van der Waals surface area contributed by atoms with E-state index >= 15 is 0 Å². The van der Waals surface area contributed by atoms with E-state index in [-0.39, 0.29) is 29.3 Å². The Morgan fingerprint density at radius 3 is 2.69 bits per heavy atom. The normalized spacial score (nSPS) is 13.2. The largest absolute Gasteiger partial charge is 0.373 e. The molecule has 0 spiro atoms. The first-order valence-corrected chi connectivity index (χ1v) is 12.4. The highest BCUT2D eigenvalue weighted by Crippen LogP contribution is 2.33. The molecule has 2 N–H and O–H groups in total. The number of halogens is 2. The summed E-state index contributed by atoms with van der Waals surface area (Å²) in [6.07, 6.45) is 4.39. The molecule has 0 bridgehead atoms. The summed E-state index contributed by atoms with van der Waals surface area (Å²) in [5.41, 5.74) is 1.00. The Kier molecular flexibility index (Phi) is 6.80. The van der Waals surface area contributed by atoms with Gasteiger partial charge in [0, 0.05) is 36.8 Å². The van der Waals surface area contributed by atoms with E-state index in [1.54, 1.807) is 25.4 Å². The highest BCUT2D eigenvalue weighted by Gasteiger charge is 2.20. The van der Waals surface area contributed by atoms with Crippen LogP contribution < -0.4 is 15.8 Å². The van der Waals surface area contributed by atoms with E-state index in [0.717, 1.165) is 53.6 Å². The summed E-state index contributed by atoms with van der Waals surface area (Å²) >= 11 is 3.08. The first kappa shape index (κ1) is 22.7. The van der Waals surface area contributed by atoms with Crippen molar-refractivity contribution < 1.29 is 13.6 Å². The van der Waals surface area contributed by atoms with Crippen LogP contribution in [0.25, 0.3) is 10.2 Å². The molecular weight excluding hydrogens is 454 g/mol. The van der Waals surface area contributed by atoms with Crippen LogP contribution in [0.4, 0.5) is 20.2 Å². The number of nitrogens with zero attached hydrogens (tertiary/aromatic N) is 2. The van der Waals surface area contributed by atoms with Gasteiger partial charge in [0.25, 0.3) is 5.56 Å². The van der Waals surface area contributed by atoms with Gasteiger partial charge in [0.05, 0.1) is 11.1 Å². The fourth-order valence-corrected chi connectivity index (χ4v) is 5.98. The third kappa shape index (κ3) is 4.80. The zero-order valence-electron chi connectivity index (χ0n) is 17.9. The highest BCUT2D eigenvalue weighted by atomic mass is 32.2. The van der Waals surface area contributed by atoms with Crippen LogP contribution in [-0.4, -0.2) is 35.7 Å². The number of aryl methyl sites for hydroxylation is 2. The van der Waals surface area contributed by atoms with Crippen LogP contribution in [-0.2, 0) is 23.4 Å². The van der Waals surface area contributed by atoms with Gasteiger partial charge >= 0.3 is 0 Å². The SMILES string of the molecule is CN(C)c1c(F)cc(NC(=O)CCSCc2nc3sc4c(c3c(=O)[nH]2)CCCC4)cc1F. The number of thiophene rings is 1. The quantitative estimate of drug-likeness (QED) is 0.490. The third-order valence-electron chi connectivity index (χ3n) is 5.33. The molecule has 1 aromatic carbocycles. The van der Waals surface area contributed by atoms with Crippen molar-refractivity contribution in [3.63, 3.8) is 0 Å². The summed E-state index contributed by atoms with van der Waals surface area (Å²) in [5.74, 6) is -0.260. The minimum atomic E-state index is -0.736. The number of anilines is 2. The van der Waals surface area contributed by atoms with Gasteiger partial charge in [-0.05, 0) is 43.4 Å². The molecule has 170 valence electrons. The number of fused-ring (bicyclic) bond motifs is 3. The molecule has 0 saturated carbocycles. The molecule has 1 aliphatic rings. The van der Waals surface area contributed by atoms with Gasteiger partial charge in [-0.15, -0.1) is 11.3 Å². The van der Waals surface area contributed by atoms with Gasteiger partial charge in [0.1, 0.15) is 16.3 Å². The van der Waals surface area contributed by atoms with E-state index < -0.39 is 11.6 Å². The Bertz CT molecular complexity index is 1200. The lowest BCUT2D eigenvalue weighted by molar-refractivity contribution is -0.115. The molecule has 1 amide bonds. The fraction of sp³-hybridized carbons (Fsp3) is 0.409. The highest BCUT2D eigenvalue weighted by molar-refractivity contribution is 7.98. The van der Waals surface area contributed by atoms with Gasteiger partial charge in [-0.2, -0.15) is 11.8 Å². The lowest BCUT2D eigenvalue weighted by Gasteiger charge is -2.15. The minimum absolute atomic E-state index is 0.0821. The molecule has 6 nitrogen and oxygen atoms in total. The second-order valence-electron chi connectivity index (χ2n) is 7.94. The van der Waals surface area contributed by atoms with Crippen LogP contribution in [0.2, 0.25) is 0 Å². The molecule has 2 heterocycles. The zero-order chi connectivity index (χ0) is 22.8. The third-order valence-corrected chi connectivity index (χ3v) is 7.49. The first-order valence-electron chi connectivity index (χ1n) is 10.4. The number of hydrogen-bond acceptors (Lipinski definition) is 6. The second kappa shape index (κ2) is 9.58. The number of amides is 1. The number of rotatable bonds is 7. The van der Waals surface area contributed by atoms with E-state index in [0.29, 0.717) is 17.3 Å². The van der Waals surface area contributed by atoms with E-state index in [1.807, 2.05) is 0 Å². The van der Waals surface area contributed by atoms with Crippen LogP contribution in [0.1, 0.15) is 35.5 Å². The van der Waals surface area contributed by atoms with Gasteiger partial charge in [0.2, 0.25) is 5.91 Å². The summed E-state index contributed by atoms with van der Waals surface area (Å²) in [5, 5.41) is 3.26. The van der Waals surface area contributed by atoms with Gasteiger partial charge < -0.3 is 15.2 Å². The predicted octanol–water partition coefficient (Wildman–Crippen LogP) is 4.47. The van der Waals surface area contributed by atoms with E-state index in [4.69, 9.17) is 0 Å². The van der Waals surface area contributed by atoms with Crippen molar-refractivity contribution >= 4 is 50.6 Å². The number of hydrogen-bond donors (Lipinski definition) is 2. The number of carbonyl (C=O) groups is 1. The van der Waals surface area contributed by atoms with E-state index in [1.165, 1.54) is 21.5 Å². The summed E-state index contributed by atoms with van der Waals surface area (Å²) in [6.45, 7) is 0. The molecule has 0 atom stereocenters. The molecule has 0 saturated heterocycles. The molecule has 0 radical (unpaired) electrons. The number of aromatic nitrogens is 2. The molecule has 32 heavy (non-hydrogen) atoms. The first-order chi connectivity index (χ1) is 15.3. The average Bonchev–Trinajstić information content (AvgIpc) is 3.09.